The molecule has 0 fully saturated rings. The molecule has 0 aliphatic heterocycles. The van der Waals surface area contributed by atoms with Crippen molar-refractivity contribution in [3.8, 4) is 5.75 Å². The molecule has 0 radical (unpaired) electrons. The molecule has 0 saturated carbocycles. The fourth-order valence-electron chi connectivity index (χ4n) is 0.936. The van der Waals surface area contributed by atoms with Gasteiger partial charge in [-0.25, -0.2) is 0 Å². The van der Waals surface area contributed by atoms with Gasteiger partial charge in [0.25, 0.3) is 0 Å². The largest absolute Gasteiger partial charge is 0.508 e. The number of hydrogen-bond acceptors (Lipinski definition) is 3. The number of phenolic OH excluding ortho intramolecular Hbond substituents is 1. The molecule has 14 heavy (non-hydrogen) atoms. The molecule has 1 rings (SSSR count). The van der Waals surface area contributed by atoms with Gasteiger partial charge in [-0.2, -0.15) is 0 Å². The van der Waals surface area contributed by atoms with Crippen molar-refractivity contribution in [2.75, 3.05) is 6.79 Å². The van der Waals surface area contributed by atoms with Crippen LogP contribution in [0.5, 0.6) is 5.75 Å². The van der Waals surface area contributed by atoms with E-state index in [2.05, 4.69) is 0 Å². The maximum absolute atomic E-state index is 9.04. The van der Waals surface area contributed by atoms with Gasteiger partial charge in [-0.3, -0.25) is 0 Å². The molecule has 0 saturated heterocycles. The zero-order valence-electron chi connectivity index (χ0n) is 8.56. The van der Waals surface area contributed by atoms with Crippen molar-refractivity contribution in [2.24, 2.45) is 0 Å². The lowest BCUT2D eigenvalue weighted by atomic mass is 10.2. The molecule has 0 atom stereocenters. The summed E-state index contributed by atoms with van der Waals surface area (Å²) in [6.07, 6.45) is 0.190. The first-order chi connectivity index (χ1) is 6.68. The van der Waals surface area contributed by atoms with Crippen molar-refractivity contribution < 1.29 is 14.6 Å². The van der Waals surface area contributed by atoms with Crippen molar-refractivity contribution in [2.45, 2.75) is 26.6 Å². The third-order valence-corrected chi connectivity index (χ3v) is 1.69. The summed E-state index contributed by atoms with van der Waals surface area (Å²) in [5, 5.41) is 9.04. The van der Waals surface area contributed by atoms with E-state index in [1.807, 2.05) is 26.0 Å². The van der Waals surface area contributed by atoms with Gasteiger partial charge >= 0.3 is 0 Å². The summed E-state index contributed by atoms with van der Waals surface area (Å²) in [6.45, 7) is 4.74. The van der Waals surface area contributed by atoms with Crippen LogP contribution < -0.4 is 0 Å². The predicted molar refractivity (Wildman–Crippen MR) is 54.0 cm³/mol. The number of phenols is 1. The van der Waals surface area contributed by atoms with Crippen molar-refractivity contribution >= 4 is 0 Å². The fraction of sp³-hybridized carbons (Fsp3) is 0.455. The highest BCUT2D eigenvalue weighted by molar-refractivity contribution is 5.25. The highest BCUT2D eigenvalue weighted by atomic mass is 16.7. The van der Waals surface area contributed by atoms with E-state index >= 15 is 0 Å². The van der Waals surface area contributed by atoms with Gasteiger partial charge in [-0.05, 0) is 31.5 Å². The van der Waals surface area contributed by atoms with Crippen LogP contribution >= 0.6 is 0 Å². The van der Waals surface area contributed by atoms with E-state index in [1.165, 1.54) is 0 Å². The molecule has 3 nitrogen and oxygen atoms in total. The van der Waals surface area contributed by atoms with Gasteiger partial charge in [0.15, 0.2) is 0 Å². The van der Waals surface area contributed by atoms with Crippen LogP contribution in [0.3, 0.4) is 0 Å². The van der Waals surface area contributed by atoms with Gasteiger partial charge in [-0.15, -0.1) is 0 Å². The number of aromatic hydroxyl groups is 1. The van der Waals surface area contributed by atoms with Gasteiger partial charge in [0, 0.05) is 0 Å². The molecule has 0 aliphatic carbocycles. The maximum Gasteiger partial charge on any atom is 0.147 e. The van der Waals surface area contributed by atoms with Gasteiger partial charge in [-0.1, -0.05) is 12.1 Å². The Hall–Kier alpha value is -1.06. The second-order valence-electron chi connectivity index (χ2n) is 3.35. The Morgan fingerprint density at radius 2 is 1.86 bits per heavy atom. The van der Waals surface area contributed by atoms with Crippen LogP contribution in [-0.4, -0.2) is 18.0 Å². The average Bonchev–Trinajstić information content (AvgIpc) is 2.15. The lowest BCUT2D eigenvalue weighted by Gasteiger charge is -2.08. The summed E-state index contributed by atoms with van der Waals surface area (Å²) in [5.74, 6) is 0.271. The third-order valence-electron chi connectivity index (χ3n) is 1.69. The molecule has 0 heterocycles. The van der Waals surface area contributed by atoms with E-state index in [0.29, 0.717) is 13.4 Å². The van der Waals surface area contributed by atoms with Crippen molar-refractivity contribution in [3.05, 3.63) is 29.8 Å². The zero-order valence-corrected chi connectivity index (χ0v) is 8.56. The van der Waals surface area contributed by atoms with Crippen LogP contribution in [0, 0.1) is 0 Å². The first-order valence-corrected chi connectivity index (χ1v) is 4.65. The third kappa shape index (κ3) is 4.25. The molecule has 1 aromatic carbocycles. The summed E-state index contributed by atoms with van der Waals surface area (Å²) < 4.78 is 10.5. The summed E-state index contributed by atoms with van der Waals surface area (Å²) in [4.78, 5) is 0. The SMILES string of the molecule is CC(C)OCOCc1ccc(O)cc1. The van der Waals surface area contributed by atoms with E-state index in [4.69, 9.17) is 14.6 Å². The molecular weight excluding hydrogens is 180 g/mol. The van der Waals surface area contributed by atoms with E-state index in [0.717, 1.165) is 5.56 Å². The van der Waals surface area contributed by atoms with Gasteiger partial charge in [0.2, 0.25) is 0 Å². The van der Waals surface area contributed by atoms with Crippen LogP contribution in [0.2, 0.25) is 0 Å². The second-order valence-corrected chi connectivity index (χ2v) is 3.35. The number of hydrogen-bond donors (Lipinski definition) is 1. The van der Waals surface area contributed by atoms with Gasteiger partial charge in [0.1, 0.15) is 12.5 Å². The standard InChI is InChI=1S/C11H16O3/c1-9(2)14-8-13-7-10-3-5-11(12)6-4-10/h3-6,9,12H,7-8H2,1-2H3. The van der Waals surface area contributed by atoms with Crippen LogP contribution in [-0.2, 0) is 16.1 Å². The first kappa shape index (κ1) is 11.0. The van der Waals surface area contributed by atoms with Gasteiger partial charge < -0.3 is 14.6 Å². The highest BCUT2D eigenvalue weighted by Crippen LogP contribution is 2.10. The molecule has 0 spiro atoms. The minimum Gasteiger partial charge on any atom is -0.508 e. The zero-order chi connectivity index (χ0) is 10.4. The summed E-state index contributed by atoms with van der Waals surface area (Å²) in [7, 11) is 0. The molecule has 0 amide bonds. The second kappa shape index (κ2) is 5.62. The van der Waals surface area contributed by atoms with Crippen molar-refractivity contribution in [1.82, 2.24) is 0 Å². The summed E-state index contributed by atoms with van der Waals surface area (Å²) in [6, 6.07) is 6.93. The smallest absolute Gasteiger partial charge is 0.147 e. The number of benzene rings is 1. The van der Waals surface area contributed by atoms with E-state index in [1.54, 1.807) is 12.1 Å². The lowest BCUT2D eigenvalue weighted by molar-refractivity contribution is -0.0851. The van der Waals surface area contributed by atoms with Crippen LogP contribution in [0.4, 0.5) is 0 Å². The highest BCUT2D eigenvalue weighted by Gasteiger charge is 1.95. The molecule has 1 N–H and O–H groups in total. The Balaban J connectivity index is 2.21. The molecular formula is C11H16O3. The Bertz CT molecular complexity index is 254. The molecule has 1 aromatic rings. The first-order valence-electron chi connectivity index (χ1n) is 4.65. The van der Waals surface area contributed by atoms with Gasteiger partial charge in [0.05, 0.1) is 12.7 Å². The Morgan fingerprint density at radius 1 is 1.21 bits per heavy atom. The molecule has 0 bridgehead atoms. The fourth-order valence-corrected chi connectivity index (χ4v) is 0.936. The quantitative estimate of drug-likeness (QED) is 0.580. The minimum atomic E-state index is 0.190. The summed E-state index contributed by atoms with van der Waals surface area (Å²) in [5.41, 5.74) is 1.02. The topological polar surface area (TPSA) is 38.7 Å². The van der Waals surface area contributed by atoms with Crippen molar-refractivity contribution in [1.29, 1.82) is 0 Å². The Morgan fingerprint density at radius 3 is 2.43 bits per heavy atom. The molecule has 78 valence electrons. The van der Waals surface area contributed by atoms with E-state index in [9.17, 15) is 0 Å². The Labute approximate surface area is 84.3 Å². The van der Waals surface area contributed by atoms with E-state index in [-0.39, 0.29) is 11.9 Å². The Kier molecular flexibility index (Phi) is 4.43. The van der Waals surface area contributed by atoms with Crippen LogP contribution in [0.15, 0.2) is 24.3 Å². The van der Waals surface area contributed by atoms with E-state index < -0.39 is 0 Å². The molecule has 0 unspecified atom stereocenters. The number of ether oxygens (including phenoxy) is 2. The monoisotopic (exact) mass is 196 g/mol. The predicted octanol–water partition coefficient (Wildman–Crippen LogP) is 2.29. The average molecular weight is 196 g/mol. The lowest BCUT2D eigenvalue weighted by Crippen LogP contribution is -2.06. The molecule has 0 aromatic heterocycles. The normalized spacial score (nSPS) is 10.8. The maximum atomic E-state index is 9.04. The summed E-state index contributed by atoms with van der Waals surface area (Å²) >= 11 is 0. The minimum absolute atomic E-state index is 0.190. The van der Waals surface area contributed by atoms with Crippen LogP contribution in [0.1, 0.15) is 19.4 Å². The van der Waals surface area contributed by atoms with Crippen LogP contribution in [0.25, 0.3) is 0 Å². The molecule has 3 heteroatoms. The molecule has 0 aliphatic rings. The number of rotatable bonds is 5. The van der Waals surface area contributed by atoms with Crippen molar-refractivity contribution in [3.63, 3.8) is 0 Å².